The van der Waals surface area contributed by atoms with Crippen molar-refractivity contribution in [1.29, 1.82) is 0 Å². The summed E-state index contributed by atoms with van der Waals surface area (Å²) in [5, 5.41) is 1.80. The van der Waals surface area contributed by atoms with Crippen molar-refractivity contribution in [3.63, 3.8) is 0 Å². The first-order valence-corrected chi connectivity index (χ1v) is 27.5. The second kappa shape index (κ2) is 19.6. The van der Waals surface area contributed by atoms with Gasteiger partial charge in [0.15, 0.2) is 21.4 Å². The van der Waals surface area contributed by atoms with E-state index in [0.29, 0.717) is 31.8 Å². The van der Waals surface area contributed by atoms with Crippen molar-refractivity contribution in [2.45, 2.75) is 19.0 Å². The van der Waals surface area contributed by atoms with Crippen molar-refractivity contribution in [2.75, 3.05) is 0 Å². The Bertz CT molecular complexity index is 1930. The van der Waals surface area contributed by atoms with Crippen LogP contribution in [0.4, 0.5) is 0 Å². The summed E-state index contributed by atoms with van der Waals surface area (Å²) >= 11 is 1.37. The van der Waals surface area contributed by atoms with Gasteiger partial charge >= 0.3 is 77.7 Å². The monoisotopic (exact) mass is 1070 g/mol. The fraction of sp³-hybridized carbons (Fsp3) is 0.0698. The Kier molecular flexibility index (Phi) is 16.1. The van der Waals surface area contributed by atoms with Crippen molar-refractivity contribution in [3.8, 4) is 0 Å². The average Bonchev–Trinajstić information content (AvgIpc) is 3.50. The van der Waals surface area contributed by atoms with E-state index in [4.69, 9.17) is 0 Å². The van der Waals surface area contributed by atoms with E-state index in [-0.39, 0.29) is 48.0 Å². The Morgan fingerprint density at radius 2 is 0.623 bits per heavy atom. The summed E-state index contributed by atoms with van der Waals surface area (Å²) in [5.74, 6) is 0. The van der Waals surface area contributed by atoms with Crippen LogP contribution >= 0.6 is 46.2 Å². The normalized spacial score (nSPS) is 12.8. The molecular weight excluding hydrogens is 1030 g/mol. The Morgan fingerprint density at radius 3 is 0.755 bits per heavy atom. The summed E-state index contributed by atoms with van der Waals surface area (Å²) < 4.78 is 54.0. The molecule has 10 heteroatoms. The minimum absolute atomic E-state index is 0. The van der Waals surface area contributed by atoms with Crippen LogP contribution in [0.15, 0.2) is 198 Å². The van der Waals surface area contributed by atoms with Gasteiger partial charge in [-0.2, -0.15) is 0 Å². The second-order valence-electron chi connectivity index (χ2n) is 12.3. The fourth-order valence-corrected chi connectivity index (χ4v) is 28.8. The topological polar surface area (TPSA) is 51.2 Å². The standard InChI is InChI=1S/C37H31O3P3.C6H7.Bi.2ClH.Zr.H/c38-41(31-19-7-1-8-20-31,32-21-9-2-10-22-32)37(42(39,33-23-11-3-12-24-33)34-25-13-4-14-26-34)43(40,35-27-15-5-16-28-35)36-29-17-6-18-30-36;1-5(2)6(3)4;;;;;/h1-30,37H;1H,2-3H3;;2*1H;;. The molecule has 0 bridgehead atoms. The number of hydrogen-bond donors (Lipinski definition) is 0. The minimum Gasteiger partial charge on any atom is -0.312 e. The maximum atomic E-state index is 16.6. The molecule has 0 radical (unpaired) electrons. The predicted molar refractivity (Wildman–Crippen MR) is 231 cm³/mol. The number of hydrogen-bond acceptors (Lipinski definition) is 3. The maximum absolute atomic E-state index is 16.6. The van der Waals surface area contributed by atoms with E-state index in [0.717, 1.165) is 0 Å². The molecule has 0 atom stereocenters. The van der Waals surface area contributed by atoms with Crippen molar-refractivity contribution >= 4 is 101 Å². The number of allylic oxidation sites excluding steroid dienone is 2. The van der Waals surface area contributed by atoms with Crippen LogP contribution in [-0.4, -0.2) is 28.4 Å². The van der Waals surface area contributed by atoms with Gasteiger partial charge in [-0.05, 0) is 0 Å². The second-order valence-corrected chi connectivity index (χ2v) is 32.3. The summed E-state index contributed by atoms with van der Waals surface area (Å²) in [6.45, 7) is 4.50. The molecule has 53 heavy (non-hydrogen) atoms. The molecule has 6 aromatic carbocycles. The molecular formula is C43H41BiCl2O3P3Zr. The molecule has 0 amide bonds. The molecule has 7 rings (SSSR count). The molecule has 1 heterocycles. The molecule has 0 N–H and O–H groups in total. The number of rotatable bonds is 9. The molecule has 0 fully saturated rings. The van der Waals surface area contributed by atoms with Crippen molar-refractivity contribution in [3.05, 3.63) is 198 Å². The Hall–Kier alpha value is -2.16. The summed E-state index contributed by atoms with van der Waals surface area (Å²) in [6, 6.07) is 55.2. The zero-order valence-corrected chi connectivity index (χ0v) is 40.0. The molecule has 269 valence electrons. The number of halogens is 2. The van der Waals surface area contributed by atoms with Gasteiger partial charge in [0, 0.05) is 31.8 Å². The van der Waals surface area contributed by atoms with E-state index >= 15 is 13.7 Å². The van der Waals surface area contributed by atoms with Gasteiger partial charge in [0.2, 0.25) is 0 Å². The van der Waals surface area contributed by atoms with E-state index in [9.17, 15) is 0 Å². The van der Waals surface area contributed by atoms with Crippen LogP contribution in [0.25, 0.3) is 0 Å². The first-order chi connectivity index (χ1) is 24.7. The third kappa shape index (κ3) is 8.96. The summed E-state index contributed by atoms with van der Waals surface area (Å²) in [4.78, 5) is 0. The molecule has 3 nitrogen and oxygen atoms in total. The van der Waals surface area contributed by atoms with Crippen molar-refractivity contribution in [2.24, 2.45) is 0 Å². The average molecular weight is 1070 g/mol. The van der Waals surface area contributed by atoms with Crippen LogP contribution in [-0.2, 0) is 38.4 Å². The molecule has 6 aromatic rings. The Morgan fingerprint density at radius 1 is 0.415 bits per heavy atom. The molecule has 0 aromatic heterocycles. The van der Waals surface area contributed by atoms with Crippen molar-refractivity contribution in [1.82, 2.24) is 0 Å². The summed E-state index contributed by atoms with van der Waals surface area (Å²) in [5.41, 5.74) is 3.19. The Labute approximate surface area is 353 Å². The fourth-order valence-electron chi connectivity index (χ4n) is 6.43. The number of benzene rings is 6. The van der Waals surface area contributed by atoms with Crippen LogP contribution in [0.1, 0.15) is 13.8 Å². The Balaban J connectivity index is 0.000000558. The molecule has 0 spiro atoms. The van der Waals surface area contributed by atoms with Crippen molar-refractivity contribution < 1.29 is 38.4 Å². The van der Waals surface area contributed by atoms with Crippen LogP contribution < -0.4 is 31.8 Å². The SMILES string of the molecule is CC1=[CH][BiH][C]([Zr])=C1C.Cl.Cl.O=P(c1ccccc1)(c1ccccc1)C(P(=O)(c1ccccc1)c1ccccc1)P(=O)(c1ccccc1)c1ccccc1. The van der Waals surface area contributed by atoms with E-state index in [1.165, 1.54) is 0 Å². The van der Waals surface area contributed by atoms with Crippen LogP contribution in [0.5, 0.6) is 0 Å². The van der Waals surface area contributed by atoms with Gasteiger partial charge in [-0.3, -0.25) is 0 Å². The largest absolute Gasteiger partial charge is 0.312 e. The zero-order chi connectivity index (χ0) is 35.9. The van der Waals surface area contributed by atoms with Crippen LogP contribution in [0.3, 0.4) is 0 Å². The molecule has 0 saturated heterocycles. The van der Waals surface area contributed by atoms with Gasteiger partial charge in [0.25, 0.3) is 0 Å². The third-order valence-corrected chi connectivity index (χ3v) is 32.3. The van der Waals surface area contributed by atoms with E-state index in [2.05, 4.69) is 17.6 Å². The maximum Gasteiger partial charge on any atom is 0.161 e. The molecule has 1 aliphatic rings. The first-order valence-electron chi connectivity index (χ1n) is 16.7. The van der Waals surface area contributed by atoms with Gasteiger partial charge in [0.1, 0.15) is 5.14 Å². The summed E-state index contributed by atoms with van der Waals surface area (Å²) in [7, 11) is -11.9. The van der Waals surface area contributed by atoms with Gasteiger partial charge in [-0.15, -0.1) is 24.8 Å². The third-order valence-electron chi connectivity index (χ3n) is 9.21. The van der Waals surface area contributed by atoms with Gasteiger partial charge in [0.05, 0.1) is 0 Å². The van der Waals surface area contributed by atoms with E-state index < -0.39 is 26.6 Å². The molecule has 1 aliphatic heterocycles. The quantitative estimate of drug-likeness (QED) is 0.107. The van der Waals surface area contributed by atoms with Crippen LogP contribution in [0, 0.1) is 0 Å². The van der Waals surface area contributed by atoms with Crippen LogP contribution in [0.2, 0.25) is 0 Å². The first kappa shape index (κ1) is 43.6. The van der Waals surface area contributed by atoms with E-state index in [1.54, 1.807) is 35.9 Å². The molecule has 0 unspecified atom stereocenters. The van der Waals surface area contributed by atoms with Gasteiger partial charge in [-0.25, -0.2) is 0 Å². The van der Waals surface area contributed by atoms with E-state index in [1.807, 2.05) is 183 Å². The van der Waals surface area contributed by atoms with Gasteiger partial charge in [-0.1, -0.05) is 182 Å². The van der Waals surface area contributed by atoms with Gasteiger partial charge < -0.3 is 13.7 Å². The smallest absolute Gasteiger partial charge is 0.161 e. The zero-order valence-electron chi connectivity index (χ0n) is 29.4. The molecule has 0 aliphatic carbocycles. The summed E-state index contributed by atoms with van der Waals surface area (Å²) in [6.07, 6.45) is 0. The minimum atomic E-state index is -3.97. The molecule has 0 saturated carbocycles. The predicted octanol–water partition coefficient (Wildman–Crippen LogP) is 9.27.